The van der Waals surface area contributed by atoms with Crippen LogP contribution >= 0.6 is 0 Å². The lowest BCUT2D eigenvalue weighted by Gasteiger charge is -2.32. The fourth-order valence-corrected chi connectivity index (χ4v) is 3.54. The molecule has 0 aliphatic carbocycles. The van der Waals surface area contributed by atoms with E-state index in [1.165, 1.54) is 29.7 Å². The summed E-state index contributed by atoms with van der Waals surface area (Å²) in [6.07, 6.45) is 4.16. The van der Waals surface area contributed by atoms with E-state index in [2.05, 4.69) is 87.9 Å². The molecule has 3 aromatic rings. The van der Waals surface area contributed by atoms with Gasteiger partial charge in [-0.1, -0.05) is 13.0 Å². The van der Waals surface area contributed by atoms with E-state index >= 15 is 0 Å². The van der Waals surface area contributed by atoms with Gasteiger partial charge in [0.25, 0.3) is 0 Å². The van der Waals surface area contributed by atoms with Crippen molar-refractivity contribution >= 4 is 28.8 Å². The Balaban J connectivity index is 1.41. The van der Waals surface area contributed by atoms with Crippen LogP contribution in [0.15, 0.2) is 48.7 Å². The van der Waals surface area contributed by atoms with Crippen LogP contribution in [0, 0.1) is 19.8 Å². The predicted octanol–water partition coefficient (Wildman–Crippen LogP) is 5.21. The van der Waals surface area contributed by atoms with Gasteiger partial charge in [-0.05, 0) is 80.1 Å². The summed E-state index contributed by atoms with van der Waals surface area (Å²) < 4.78 is 0. The van der Waals surface area contributed by atoms with Crippen LogP contribution in [0.3, 0.4) is 0 Å². The van der Waals surface area contributed by atoms with Crippen LogP contribution in [-0.2, 0) is 0 Å². The van der Waals surface area contributed by atoms with Crippen molar-refractivity contribution in [3.8, 4) is 0 Å². The Hall–Kier alpha value is -3.15. The fourth-order valence-electron chi connectivity index (χ4n) is 3.54. The van der Waals surface area contributed by atoms with E-state index in [1.54, 1.807) is 6.20 Å². The monoisotopic (exact) mass is 388 g/mol. The number of nitrogens with zero attached hydrogens (tertiary/aromatic N) is 4. The van der Waals surface area contributed by atoms with Gasteiger partial charge in [-0.15, -0.1) is 5.10 Å². The highest BCUT2D eigenvalue weighted by Gasteiger charge is 2.15. The lowest BCUT2D eigenvalue weighted by molar-refractivity contribution is 0.438. The highest BCUT2D eigenvalue weighted by molar-refractivity contribution is 5.62. The zero-order chi connectivity index (χ0) is 20.2. The average Bonchev–Trinajstić information content (AvgIpc) is 2.72. The maximum absolute atomic E-state index is 4.53. The quantitative estimate of drug-likeness (QED) is 0.625. The van der Waals surface area contributed by atoms with Gasteiger partial charge < -0.3 is 15.5 Å². The third kappa shape index (κ3) is 4.83. The number of hydrogen-bond donors (Lipinski definition) is 2. The van der Waals surface area contributed by atoms with Gasteiger partial charge >= 0.3 is 0 Å². The Labute approximate surface area is 172 Å². The molecule has 2 aromatic carbocycles. The minimum absolute atomic E-state index is 0.470. The molecule has 0 radical (unpaired) electrons. The largest absolute Gasteiger partial charge is 0.372 e. The number of rotatable bonds is 5. The second-order valence-corrected chi connectivity index (χ2v) is 7.93. The Bertz CT molecular complexity index is 961. The van der Waals surface area contributed by atoms with Gasteiger partial charge in [0.2, 0.25) is 5.95 Å². The Morgan fingerprint density at radius 2 is 1.62 bits per heavy atom. The molecule has 6 heteroatoms. The summed E-state index contributed by atoms with van der Waals surface area (Å²) >= 11 is 0. The second-order valence-electron chi connectivity index (χ2n) is 7.93. The molecule has 0 amide bonds. The Morgan fingerprint density at radius 1 is 0.897 bits per heavy atom. The van der Waals surface area contributed by atoms with Gasteiger partial charge in [0, 0.05) is 30.2 Å². The summed E-state index contributed by atoms with van der Waals surface area (Å²) in [6, 6.07) is 14.7. The molecule has 2 N–H and O–H groups in total. The van der Waals surface area contributed by atoms with Gasteiger partial charge in [-0.3, -0.25) is 0 Å². The van der Waals surface area contributed by atoms with Crippen molar-refractivity contribution in [1.82, 2.24) is 15.2 Å². The van der Waals surface area contributed by atoms with E-state index in [4.69, 9.17) is 0 Å². The Morgan fingerprint density at radius 3 is 2.34 bits per heavy atom. The van der Waals surface area contributed by atoms with E-state index in [9.17, 15) is 0 Å². The van der Waals surface area contributed by atoms with Crippen molar-refractivity contribution in [1.29, 1.82) is 0 Å². The van der Waals surface area contributed by atoms with Crippen molar-refractivity contribution in [2.75, 3.05) is 28.6 Å². The first-order chi connectivity index (χ1) is 14.1. The predicted molar refractivity (Wildman–Crippen MR) is 119 cm³/mol. The van der Waals surface area contributed by atoms with Crippen molar-refractivity contribution in [2.45, 2.75) is 33.6 Å². The number of nitrogens with one attached hydrogen (secondary N) is 2. The molecule has 0 spiro atoms. The summed E-state index contributed by atoms with van der Waals surface area (Å²) in [4.78, 5) is 6.99. The van der Waals surface area contributed by atoms with Gasteiger partial charge in [0.15, 0.2) is 5.82 Å². The number of aromatic nitrogens is 3. The molecule has 1 aromatic heterocycles. The van der Waals surface area contributed by atoms with Crippen LogP contribution in [0.25, 0.3) is 0 Å². The smallest absolute Gasteiger partial charge is 0.249 e. The maximum Gasteiger partial charge on any atom is 0.249 e. The van der Waals surface area contributed by atoms with Crippen LogP contribution in [0.4, 0.5) is 28.8 Å². The molecule has 4 rings (SSSR count). The minimum atomic E-state index is 0.470. The van der Waals surface area contributed by atoms with E-state index in [0.717, 1.165) is 30.4 Å². The van der Waals surface area contributed by atoms with Crippen molar-refractivity contribution in [2.24, 2.45) is 5.92 Å². The summed E-state index contributed by atoms with van der Waals surface area (Å²) in [6.45, 7) is 8.79. The fraction of sp³-hybridized carbons (Fsp3) is 0.348. The highest BCUT2D eigenvalue weighted by Crippen LogP contribution is 2.25. The van der Waals surface area contributed by atoms with E-state index in [1.807, 2.05) is 6.07 Å². The van der Waals surface area contributed by atoms with Crippen LogP contribution in [0.2, 0.25) is 0 Å². The van der Waals surface area contributed by atoms with E-state index in [0.29, 0.717) is 11.8 Å². The first-order valence-corrected chi connectivity index (χ1v) is 10.2. The summed E-state index contributed by atoms with van der Waals surface area (Å²) in [7, 11) is 0. The van der Waals surface area contributed by atoms with Gasteiger partial charge in [0.1, 0.15) is 0 Å². The average molecular weight is 389 g/mol. The van der Waals surface area contributed by atoms with Crippen molar-refractivity contribution in [3.05, 3.63) is 59.8 Å². The van der Waals surface area contributed by atoms with Crippen LogP contribution in [-0.4, -0.2) is 28.3 Å². The van der Waals surface area contributed by atoms with E-state index < -0.39 is 0 Å². The lowest BCUT2D eigenvalue weighted by atomic mass is 9.99. The molecule has 0 bridgehead atoms. The highest BCUT2D eigenvalue weighted by atomic mass is 15.3. The minimum Gasteiger partial charge on any atom is -0.372 e. The molecule has 1 fully saturated rings. The second kappa shape index (κ2) is 8.47. The molecule has 29 heavy (non-hydrogen) atoms. The number of aryl methyl sites for hydroxylation is 2. The number of anilines is 5. The lowest BCUT2D eigenvalue weighted by Crippen LogP contribution is -2.32. The molecule has 2 heterocycles. The molecule has 6 nitrogen and oxygen atoms in total. The van der Waals surface area contributed by atoms with E-state index in [-0.39, 0.29) is 0 Å². The van der Waals surface area contributed by atoms with Crippen LogP contribution < -0.4 is 15.5 Å². The van der Waals surface area contributed by atoms with Crippen molar-refractivity contribution in [3.63, 3.8) is 0 Å². The molecule has 1 aliphatic rings. The normalized spacial score (nSPS) is 14.7. The van der Waals surface area contributed by atoms with Gasteiger partial charge in [0.05, 0.1) is 6.20 Å². The number of piperidine rings is 1. The number of benzene rings is 2. The number of hydrogen-bond acceptors (Lipinski definition) is 6. The van der Waals surface area contributed by atoms with Gasteiger partial charge in [-0.2, -0.15) is 10.1 Å². The Kier molecular flexibility index (Phi) is 5.60. The maximum atomic E-state index is 4.53. The first kappa shape index (κ1) is 19.2. The van der Waals surface area contributed by atoms with Crippen LogP contribution in [0.5, 0.6) is 0 Å². The zero-order valence-electron chi connectivity index (χ0n) is 17.3. The topological polar surface area (TPSA) is 66.0 Å². The van der Waals surface area contributed by atoms with Crippen LogP contribution in [0.1, 0.15) is 30.9 Å². The molecule has 0 saturated carbocycles. The third-order valence-electron chi connectivity index (χ3n) is 5.61. The third-order valence-corrected chi connectivity index (χ3v) is 5.61. The van der Waals surface area contributed by atoms with Gasteiger partial charge in [-0.25, -0.2) is 0 Å². The van der Waals surface area contributed by atoms with Crippen molar-refractivity contribution < 1.29 is 0 Å². The molecular formula is C23H28N6. The summed E-state index contributed by atoms with van der Waals surface area (Å²) in [5, 5.41) is 14.7. The molecule has 1 saturated heterocycles. The molecular weight excluding hydrogens is 360 g/mol. The molecule has 1 aliphatic heterocycles. The molecule has 150 valence electrons. The standard InChI is InChI=1S/C23H28N6/c1-16-10-12-29(13-11-16)21-8-6-19(7-9-21)25-22-15-24-28-23(27-22)26-20-5-4-17(2)18(3)14-20/h4-9,14-16H,10-13H2,1-3H3,(H2,25,26,27,28). The summed E-state index contributed by atoms with van der Waals surface area (Å²) in [5.41, 5.74) is 5.69. The first-order valence-electron chi connectivity index (χ1n) is 10.2. The molecule has 0 unspecified atom stereocenters. The molecule has 0 atom stereocenters. The zero-order valence-corrected chi connectivity index (χ0v) is 17.3. The SMILES string of the molecule is Cc1ccc(Nc2nncc(Nc3ccc(N4CCC(C)CC4)cc3)n2)cc1C. The summed E-state index contributed by atoms with van der Waals surface area (Å²) in [5.74, 6) is 1.97.